The largest absolute Gasteiger partial charge is 0.434 e. The minimum atomic E-state index is -2.76. The summed E-state index contributed by atoms with van der Waals surface area (Å²) < 4.78 is 29.8. The summed E-state index contributed by atoms with van der Waals surface area (Å²) in [4.78, 5) is 0. The Balaban J connectivity index is 2.24. The van der Waals surface area contributed by atoms with E-state index in [9.17, 15) is 8.78 Å². The molecular formula is C15H21F2NO. The monoisotopic (exact) mass is 269 g/mol. The average Bonchev–Trinajstić information content (AvgIpc) is 2.41. The first-order valence-corrected chi connectivity index (χ1v) is 6.84. The zero-order valence-electron chi connectivity index (χ0n) is 11.5. The normalized spacial score (nSPS) is 18.6. The van der Waals surface area contributed by atoms with Crippen molar-refractivity contribution in [2.24, 2.45) is 5.92 Å². The van der Waals surface area contributed by atoms with Crippen LogP contribution in [0.4, 0.5) is 8.78 Å². The molecular weight excluding hydrogens is 248 g/mol. The number of rotatable bonds is 4. The lowest BCUT2D eigenvalue weighted by atomic mass is 9.81. The van der Waals surface area contributed by atoms with Crippen LogP contribution in [0, 0.1) is 12.8 Å². The first-order chi connectivity index (χ1) is 9.09. The van der Waals surface area contributed by atoms with Crippen molar-refractivity contribution in [1.82, 2.24) is 5.32 Å². The molecule has 19 heavy (non-hydrogen) atoms. The number of piperidine rings is 1. The van der Waals surface area contributed by atoms with Gasteiger partial charge in [0.05, 0.1) is 0 Å². The Morgan fingerprint density at radius 3 is 2.58 bits per heavy atom. The van der Waals surface area contributed by atoms with Gasteiger partial charge in [-0.2, -0.15) is 8.78 Å². The number of para-hydroxylation sites is 1. The van der Waals surface area contributed by atoms with E-state index in [0.29, 0.717) is 11.7 Å². The van der Waals surface area contributed by atoms with Crippen LogP contribution in [-0.4, -0.2) is 19.7 Å². The molecule has 0 aromatic heterocycles. The third-order valence-electron chi connectivity index (χ3n) is 4.03. The molecule has 1 aromatic rings. The van der Waals surface area contributed by atoms with Gasteiger partial charge in [0, 0.05) is 0 Å². The summed E-state index contributed by atoms with van der Waals surface area (Å²) in [6, 6.07) is 5.65. The molecule has 1 N–H and O–H groups in total. The van der Waals surface area contributed by atoms with E-state index in [4.69, 9.17) is 4.74 Å². The summed E-state index contributed by atoms with van der Waals surface area (Å²) in [6.45, 7) is 3.18. The lowest BCUT2D eigenvalue weighted by Gasteiger charge is -2.30. The summed E-state index contributed by atoms with van der Waals surface area (Å²) >= 11 is 0. The van der Waals surface area contributed by atoms with Crippen molar-refractivity contribution < 1.29 is 13.5 Å². The van der Waals surface area contributed by atoms with Crippen molar-refractivity contribution in [3.8, 4) is 5.75 Å². The fraction of sp³-hybridized carbons (Fsp3) is 0.600. The molecule has 0 saturated carbocycles. The Bertz CT molecular complexity index is 417. The van der Waals surface area contributed by atoms with E-state index in [0.717, 1.165) is 37.1 Å². The van der Waals surface area contributed by atoms with Crippen LogP contribution in [0.2, 0.25) is 0 Å². The van der Waals surface area contributed by atoms with Gasteiger partial charge in [-0.3, -0.25) is 0 Å². The molecule has 2 nitrogen and oxygen atoms in total. The Morgan fingerprint density at radius 2 is 1.95 bits per heavy atom. The Morgan fingerprint density at radius 1 is 1.26 bits per heavy atom. The van der Waals surface area contributed by atoms with Gasteiger partial charge in [-0.25, -0.2) is 0 Å². The smallest absolute Gasteiger partial charge is 0.387 e. The van der Waals surface area contributed by atoms with E-state index in [1.807, 2.05) is 25.1 Å². The molecule has 0 aliphatic carbocycles. The van der Waals surface area contributed by atoms with Crippen molar-refractivity contribution >= 4 is 0 Å². The van der Waals surface area contributed by atoms with Gasteiger partial charge in [0.2, 0.25) is 0 Å². The van der Waals surface area contributed by atoms with Gasteiger partial charge < -0.3 is 10.1 Å². The molecule has 0 radical (unpaired) electrons. The van der Waals surface area contributed by atoms with Crippen LogP contribution in [-0.2, 0) is 0 Å². The van der Waals surface area contributed by atoms with Crippen LogP contribution in [0.15, 0.2) is 18.2 Å². The molecule has 0 amide bonds. The Kier molecular flexibility index (Phi) is 4.75. The number of nitrogens with one attached hydrogen (secondary N) is 1. The summed E-state index contributed by atoms with van der Waals surface area (Å²) in [5, 5.41) is 3.33. The molecule has 1 fully saturated rings. The highest BCUT2D eigenvalue weighted by Gasteiger charge is 2.25. The lowest BCUT2D eigenvalue weighted by molar-refractivity contribution is -0.0512. The highest BCUT2D eigenvalue weighted by atomic mass is 19.3. The van der Waals surface area contributed by atoms with Crippen LogP contribution < -0.4 is 10.1 Å². The third-order valence-corrected chi connectivity index (χ3v) is 4.03. The van der Waals surface area contributed by atoms with E-state index in [1.165, 1.54) is 0 Å². The van der Waals surface area contributed by atoms with E-state index >= 15 is 0 Å². The van der Waals surface area contributed by atoms with E-state index < -0.39 is 6.61 Å². The fourth-order valence-corrected chi connectivity index (χ4v) is 2.88. The Labute approximate surface area is 113 Å². The minimum absolute atomic E-state index is 0.246. The molecule has 0 spiro atoms. The van der Waals surface area contributed by atoms with Gasteiger partial charge >= 0.3 is 6.61 Å². The molecule has 1 unspecified atom stereocenters. The average molecular weight is 269 g/mol. The highest BCUT2D eigenvalue weighted by molar-refractivity contribution is 5.43. The zero-order valence-corrected chi connectivity index (χ0v) is 11.5. The van der Waals surface area contributed by atoms with Crippen molar-refractivity contribution in [3.05, 3.63) is 29.3 Å². The predicted molar refractivity (Wildman–Crippen MR) is 71.8 cm³/mol. The zero-order chi connectivity index (χ0) is 13.8. The molecule has 4 heteroatoms. The van der Waals surface area contributed by atoms with Gasteiger partial charge in [-0.15, -0.1) is 0 Å². The molecule has 1 aliphatic rings. The number of alkyl halides is 2. The van der Waals surface area contributed by atoms with Gasteiger partial charge in [-0.1, -0.05) is 25.1 Å². The van der Waals surface area contributed by atoms with Crippen molar-refractivity contribution in [2.45, 2.75) is 39.2 Å². The molecule has 2 rings (SSSR count). The molecule has 1 atom stereocenters. The van der Waals surface area contributed by atoms with Gasteiger partial charge in [0.25, 0.3) is 0 Å². The van der Waals surface area contributed by atoms with E-state index in [1.54, 1.807) is 0 Å². The molecule has 1 heterocycles. The Hall–Kier alpha value is -1.16. The van der Waals surface area contributed by atoms with E-state index in [-0.39, 0.29) is 5.92 Å². The van der Waals surface area contributed by atoms with Gasteiger partial charge in [0.15, 0.2) is 0 Å². The van der Waals surface area contributed by atoms with Gasteiger partial charge in [0.1, 0.15) is 5.75 Å². The van der Waals surface area contributed by atoms with Crippen LogP contribution in [0.1, 0.15) is 36.8 Å². The van der Waals surface area contributed by atoms with Crippen LogP contribution >= 0.6 is 0 Å². The molecule has 106 valence electrons. The summed E-state index contributed by atoms with van der Waals surface area (Å²) in [5.41, 5.74) is 1.69. The standard InChI is InChI=1S/C15H21F2NO/c1-10-4-3-5-13(14(10)19-15(16)17)11(2)12-6-8-18-9-7-12/h3-5,11-12,15,18H,6-9H2,1-2H3. The second-order valence-corrected chi connectivity index (χ2v) is 5.25. The number of hydrogen-bond donors (Lipinski definition) is 1. The quantitative estimate of drug-likeness (QED) is 0.900. The summed E-state index contributed by atoms with van der Waals surface area (Å²) in [5.74, 6) is 1.14. The van der Waals surface area contributed by atoms with Crippen LogP contribution in [0.25, 0.3) is 0 Å². The maximum atomic E-state index is 12.6. The minimum Gasteiger partial charge on any atom is -0.434 e. The number of ether oxygens (including phenoxy) is 1. The number of halogens is 2. The first kappa shape index (κ1) is 14.3. The predicted octanol–water partition coefficient (Wildman–Crippen LogP) is 3.70. The summed E-state index contributed by atoms with van der Waals surface area (Å²) in [6.07, 6.45) is 2.17. The lowest BCUT2D eigenvalue weighted by Crippen LogP contribution is -2.30. The van der Waals surface area contributed by atoms with Crippen LogP contribution in [0.5, 0.6) is 5.75 Å². The van der Waals surface area contributed by atoms with Crippen molar-refractivity contribution in [1.29, 1.82) is 0 Å². The van der Waals surface area contributed by atoms with Crippen LogP contribution in [0.3, 0.4) is 0 Å². The maximum Gasteiger partial charge on any atom is 0.387 e. The number of aryl methyl sites for hydroxylation is 1. The van der Waals surface area contributed by atoms with Gasteiger partial charge in [-0.05, 0) is 55.8 Å². The first-order valence-electron chi connectivity index (χ1n) is 6.84. The SMILES string of the molecule is Cc1cccc(C(C)C2CCNCC2)c1OC(F)F. The molecule has 1 aromatic carbocycles. The fourth-order valence-electron chi connectivity index (χ4n) is 2.88. The molecule has 1 saturated heterocycles. The number of hydrogen-bond acceptors (Lipinski definition) is 2. The van der Waals surface area contributed by atoms with Crippen molar-refractivity contribution in [3.63, 3.8) is 0 Å². The third kappa shape index (κ3) is 3.44. The molecule has 1 aliphatic heterocycles. The highest BCUT2D eigenvalue weighted by Crippen LogP contribution is 2.37. The maximum absolute atomic E-state index is 12.6. The molecule has 0 bridgehead atoms. The topological polar surface area (TPSA) is 21.3 Å². The summed E-state index contributed by atoms with van der Waals surface area (Å²) in [7, 11) is 0. The number of benzene rings is 1. The second-order valence-electron chi connectivity index (χ2n) is 5.25. The van der Waals surface area contributed by atoms with E-state index in [2.05, 4.69) is 12.2 Å². The second kappa shape index (κ2) is 6.33. The van der Waals surface area contributed by atoms with Crippen molar-refractivity contribution in [2.75, 3.05) is 13.1 Å².